The molecule has 0 spiro atoms. The maximum atomic E-state index is 10.8. The summed E-state index contributed by atoms with van der Waals surface area (Å²) in [6.45, 7) is 3.36. The molecule has 4 N–H and O–H groups in total. The molecule has 0 bridgehead atoms. The summed E-state index contributed by atoms with van der Waals surface area (Å²) in [5, 5.41) is 7.32. The van der Waals surface area contributed by atoms with Crippen molar-refractivity contribution in [3.8, 4) is 0 Å². The highest BCUT2D eigenvalue weighted by molar-refractivity contribution is 7.90. The number of nitrogens with two attached hydrogens (primary N) is 2. The minimum Gasteiger partial charge on any atom is -0.240 e. The lowest BCUT2D eigenvalue weighted by Crippen LogP contribution is -2.30. The largest absolute Gasteiger partial charge is 0.511 e. The number of primary sulfonamides is 2. The smallest absolute Gasteiger partial charge is 0.240 e. The van der Waals surface area contributed by atoms with Crippen molar-refractivity contribution in [2.45, 2.75) is 37.3 Å². The molecule has 0 aliphatic rings. The molecule has 26 heavy (non-hydrogen) atoms. The molecule has 0 atom stereocenters. The lowest BCUT2D eigenvalue weighted by Gasteiger charge is -1.98. The fourth-order valence-corrected chi connectivity index (χ4v) is 0.975. The molecule has 1 aromatic heterocycles. The molecule has 0 saturated heterocycles. The van der Waals surface area contributed by atoms with Gasteiger partial charge in [-0.2, -0.15) is 26.3 Å². The van der Waals surface area contributed by atoms with Gasteiger partial charge in [-0.05, 0) is 6.42 Å². The zero-order valence-corrected chi connectivity index (χ0v) is 15.3. The second kappa shape index (κ2) is 10.1. The summed E-state index contributed by atoms with van der Waals surface area (Å²) in [5.41, 5.74) is -10.6. The third-order valence-electron chi connectivity index (χ3n) is 2.24. The van der Waals surface area contributed by atoms with Gasteiger partial charge in [0.1, 0.15) is 12.4 Å². The average Bonchev–Trinajstić information content (AvgIpc) is 2.79. The van der Waals surface area contributed by atoms with E-state index in [2.05, 4.69) is 45.1 Å². The topological polar surface area (TPSA) is 129 Å². The van der Waals surface area contributed by atoms with E-state index in [0.717, 1.165) is 6.54 Å². The van der Waals surface area contributed by atoms with Crippen molar-refractivity contribution >= 4 is 20.0 Å². The predicted molar refractivity (Wildman–Crippen MR) is 78.8 cm³/mol. The van der Waals surface area contributed by atoms with Crippen LogP contribution in [0.3, 0.4) is 0 Å². The Hall–Kier alpha value is -1.39. The Morgan fingerprint density at radius 2 is 1.31 bits per heavy atom. The molecule has 156 valence electrons. The number of imidazole rings is 1. The highest BCUT2D eigenvalue weighted by Gasteiger charge is 2.43. The molecule has 0 fully saturated rings. The lowest BCUT2D eigenvalue weighted by molar-refractivity contribution is -0.671. The Morgan fingerprint density at radius 1 is 0.962 bits per heavy atom. The first-order valence-corrected chi connectivity index (χ1v) is 9.61. The molecule has 0 unspecified atom stereocenters. The van der Waals surface area contributed by atoms with E-state index in [9.17, 15) is 43.2 Å². The van der Waals surface area contributed by atoms with Crippen LogP contribution >= 0.6 is 0 Å². The molecular weight excluding hydrogens is 418 g/mol. The summed E-state index contributed by atoms with van der Waals surface area (Å²) in [6.07, 6.45) is 8.82. The summed E-state index contributed by atoms with van der Waals surface area (Å²) in [7, 11) is -8.64. The van der Waals surface area contributed by atoms with E-state index in [-0.39, 0.29) is 0 Å². The minimum absolute atomic E-state index is 1.15. The van der Waals surface area contributed by atoms with E-state index in [1.807, 2.05) is 7.05 Å². The molecule has 1 aromatic rings. The monoisotopic (exact) mass is 437 g/mol. The van der Waals surface area contributed by atoms with Crippen molar-refractivity contribution in [2.75, 3.05) is 0 Å². The normalized spacial score (nSPS) is 12.5. The second-order valence-electron chi connectivity index (χ2n) is 4.65. The Bertz CT molecular complexity index is 698. The van der Waals surface area contributed by atoms with Crippen LogP contribution in [0.1, 0.15) is 19.8 Å². The highest BCUT2D eigenvalue weighted by Crippen LogP contribution is 2.19. The van der Waals surface area contributed by atoms with Gasteiger partial charge in [0.2, 0.25) is 6.33 Å². The van der Waals surface area contributed by atoms with Crippen LogP contribution in [0.5, 0.6) is 0 Å². The second-order valence-corrected chi connectivity index (χ2v) is 7.76. The summed E-state index contributed by atoms with van der Waals surface area (Å²) in [6, 6.07) is 0. The number of nitrogens with zero attached hydrogens (tertiary/aromatic N) is 2. The molecule has 0 amide bonds. The van der Waals surface area contributed by atoms with E-state index < -0.39 is 31.1 Å². The minimum atomic E-state index is -5.34. The maximum absolute atomic E-state index is 10.8. The molecule has 8 nitrogen and oxygen atoms in total. The lowest BCUT2D eigenvalue weighted by atomic mass is 10.3. The molecule has 0 aromatic carbocycles. The molecule has 16 heteroatoms. The number of rotatable bonds is 3. The fraction of sp³-hybridized carbons (Fsp3) is 0.700. The fourth-order valence-electron chi connectivity index (χ4n) is 0.975. The van der Waals surface area contributed by atoms with Crippen LogP contribution in [-0.2, 0) is 33.6 Å². The van der Waals surface area contributed by atoms with Crippen LogP contribution in [0.4, 0.5) is 26.3 Å². The predicted octanol–water partition coefficient (Wildman–Crippen LogP) is 0.702. The summed E-state index contributed by atoms with van der Waals surface area (Å²) >= 11 is 0. The van der Waals surface area contributed by atoms with Crippen molar-refractivity contribution in [2.24, 2.45) is 17.3 Å². The molecule has 0 aliphatic carbocycles. The number of hydrogen-bond acceptors (Lipinski definition) is 4. The van der Waals surface area contributed by atoms with Crippen LogP contribution in [0.2, 0.25) is 0 Å². The summed E-state index contributed by atoms with van der Waals surface area (Å²) in [5.74, 6) is 0. The highest BCUT2D eigenvalue weighted by atomic mass is 32.2. The molecule has 1 heterocycles. The van der Waals surface area contributed by atoms with Crippen molar-refractivity contribution < 1.29 is 47.7 Å². The number of sulfonamides is 2. The summed E-state index contributed by atoms with van der Waals surface area (Å²) < 4.78 is 107. The third-order valence-corrected chi connectivity index (χ3v) is 3.53. The van der Waals surface area contributed by atoms with Gasteiger partial charge in [-0.3, -0.25) is 0 Å². The van der Waals surface area contributed by atoms with E-state index in [4.69, 9.17) is 0 Å². The van der Waals surface area contributed by atoms with E-state index in [1.54, 1.807) is 0 Å². The molecule has 1 rings (SSSR count). The summed E-state index contributed by atoms with van der Waals surface area (Å²) in [4.78, 5) is 0. The first kappa shape index (κ1) is 26.8. The van der Waals surface area contributed by atoms with Gasteiger partial charge in [-0.25, -0.2) is 36.2 Å². The van der Waals surface area contributed by atoms with E-state index in [1.165, 1.54) is 12.8 Å². The number of halogens is 6. The van der Waals surface area contributed by atoms with Gasteiger partial charge in [0.15, 0.2) is 0 Å². The Kier molecular flexibility index (Phi) is 10.4. The number of hydrogen-bond donors (Lipinski definition) is 2. The molecular formula is C10H19F6N4O4S2+. The standard InChI is InChI=1S/C8H15N2.2CH2F3NO2S/c1-3-4-5-10-7-6-9(2)8-10;2*2-1(3,4)8(5,6)7/h6-8H,3-5H2,1-2H3;2*(H2,5,6,7)/q+1;;. The van der Waals surface area contributed by atoms with Crippen molar-refractivity contribution in [1.82, 2.24) is 4.57 Å². The van der Waals surface area contributed by atoms with Gasteiger partial charge < -0.3 is 0 Å². The Labute approximate surface area is 146 Å². The molecule has 0 aliphatic heterocycles. The van der Waals surface area contributed by atoms with Gasteiger partial charge in [0.05, 0.1) is 13.6 Å². The first-order valence-electron chi connectivity index (χ1n) is 6.52. The van der Waals surface area contributed by atoms with Crippen LogP contribution < -0.4 is 14.8 Å². The van der Waals surface area contributed by atoms with Crippen LogP contribution in [0.15, 0.2) is 18.7 Å². The van der Waals surface area contributed by atoms with Crippen LogP contribution in [-0.4, -0.2) is 32.4 Å². The molecule has 0 radical (unpaired) electrons. The van der Waals surface area contributed by atoms with Gasteiger partial charge in [0, 0.05) is 0 Å². The van der Waals surface area contributed by atoms with E-state index in [0.29, 0.717) is 0 Å². The van der Waals surface area contributed by atoms with Crippen molar-refractivity contribution in [3.63, 3.8) is 0 Å². The SMILES string of the molecule is CCCCn1cc[n+](C)c1.NS(=O)(=O)C(F)(F)F.NS(=O)(=O)C(F)(F)F. The zero-order valence-electron chi connectivity index (χ0n) is 13.6. The average molecular weight is 437 g/mol. The number of unbranched alkanes of at least 4 members (excludes halogenated alkanes) is 1. The molecule has 0 saturated carbocycles. The maximum Gasteiger partial charge on any atom is 0.511 e. The first-order chi connectivity index (χ1) is 11.3. The van der Waals surface area contributed by atoms with Crippen molar-refractivity contribution in [1.29, 1.82) is 0 Å². The van der Waals surface area contributed by atoms with Gasteiger partial charge in [-0.1, -0.05) is 13.3 Å². The zero-order chi connectivity index (χ0) is 21.4. The number of aromatic nitrogens is 2. The Morgan fingerprint density at radius 3 is 1.50 bits per heavy atom. The third kappa shape index (κ3) is 12.0. The van der Waals surface area contributed by atoms with Gasteiger partial charge in [-0.15, -0.1) is 0 Å². The number of aryl methyl sites for hydroxylation is 2. The van der Waals surface area contributed by atoms with Gasteiger partial charge in [0.25, 0.3) is 0 Å². The van der Waals surface area contributed by atoms with Gasteiger partial charge >= 0.3 is 31.1 Å². The number of alkyl halides is 6. The quantitative estimate of drug-likeness (QED) is 0.533. The van der Waals surface area contributed by atoms with Crippen molar-refractivity contribution in [3.05, 3.63) is 18.7 Å². The van der Waals surface area contributed by atoms with E-state index >= 15 is 0 Å². The Balaban J connectivity index is 0. The van der Waals surface area contributed by atoms with Crippen LogP contribution in [0.25, 0.3) is 0 Å². The van der Waals surface area contributed by atoms with Crippen LogP contribution in [0, 0.1) is 0 Å².